The highest BCUT2D eigenvalue weighted by Gasteiger charge is 2.16. The van der Waals surface area contributed by atoms with Crippen molar-refractivity contribution in [2.75, 3.05) is 7.05 Å². The van der Waals surface area contributed by atoms with Gasteiger partial charge in [0.25, 0.3) is 0 Å². The third kappa shape index (κ3) is 3.16. The Morgan fingerprint density at radius 3 is 2.74 bits per heavy atom. The number of rotatable bonds is 7. The maximum atomic E-state index is 4.71. The van der Waals surface area contributed by atoms with Crippen LogP contribution in [0.3, 0.4) is 0 Å². The SMILES string of the molecule is CCCCCCC(NC)c1nn(C)c2ccccc12. The molecule has 0 spiro atoms. The lowest BCUT2D eigenvalue weighted by Gasteiger charge is -2.14. The van der Waals surface area contributed by atoms with Gasteiger partial charge in [-0.3, -0.25) is 4.68 Å². The standard InChI is InChI=1S/C16H25N3/c1-4-5-6-7-11-14(17-2)16-13-10-8-9-12-15(13)19(3)18-16/h8-10,12,14,17H,4-7,11H2,1-3H3. The minimum Gasteiger partial charge on any atom is -0.312 e. The second-order valence-electron chi connectivity index (χ2n) is 5.22. The predicted octanol–water partition coefficient (Wildman–Crippen LogP) is 3.80. The number of unbranched alkanes of at least 4 members (excludes halogenated alkanes) is 3. The second kappa shape index (κ2) is 6.71. The number of aromatic nitrogens is 2. The van der Waals surface area contributed by atoms with Crippen LogP contribution in [0.5, 0.6) is 0 Å². The van der Waals surface area contributed by atoms with Gasteiger partial charge in [0.05, 0.1) is 17.3 Å². The van der Waals surface area contributed by atoms with E-state index in [9.17, 15) is 0 Å². The first-order valence-corrected chi connectivity index (χ1v) is 7.36. The molecule has 2 aromatic rings. The molecule has 1 unspecified atom stereocenters. The van der Waals surface area contributed by atoms with Crippen LogP contribution >= 0.6 is 0 Å². The number of aryl methyl sites for hydroxylation is 1. The third-order valence-corrected chi connectivity index (χ3v) is 3.81. The van der Waals surface area contributed by atoms with Crippen molar-refractivity contribution in [1.29, 1.82) is 0 Å². The van der Waals surface area contributed by atoms with Gasteiger partial charge < -0.3 is 5.32 Å². The van der Waals surface area contributed by atoms with Crippen LogP contribution in [-0.2, 0) is 7.05 Å². The van der Waals surface area contributed by atoms with E-state index in [1.165, 1.54) is 42.3 Å². The lowest BCUT2D eigenvalue weighted by Crippen LogP contribution is -2.17. The average Bonchev–Trinajstić information content (AvgIpc) is 2.77. The van der Waals surface area contributed by atoms with Gasteiger partial charge >= 0.3 is 0 Å². The first-order chi connectivity index (χ1) is 9.27. The summed E-state index contributed by atoms with van der Waals surface area (Å²) in [5.74, 6) is 0. The van der Waals surface area contributed by atoms with Gasteiger partial charge in [-0.25, -0.2) is 0 Å². The molecule has 1 N–H and O–H groups in total. The van der Waals surface area contributed by atoms with Crippen LogP contribution in [0, 0.1) is 0 Å². The smallest absolute Gasteiger partial charge is 0.0872 e. The Labute approximate surface area is 116 Å². The Balaban J connectivity index is 2.16. The molecule has 0 saturated heterocycles. The van der Waals surface area contributed by atoms with Gasteiger partial charge in [0.15, 0.2) is 0 Å². The van der Waals surface area contributed by atoms with Gasteiger partial charge in [-0.2, -0.15) is 5.10 Å². The number of nitrogens with zero attached hydrogens (tertiary/aromatic N) is 2. The molecule has 0 fully saturated rings. The Kier molecular flexibility index (Phi) is 4.97. The molecule has 1 aromatic carbocycles. The summed E-state index contributed by atoms with van der Waals surface area (Å²) in [6.45, 7) is 2.25. The van der Waals surface area contributed by atoms with Gasteiger partial charge in [0.2, 0.25) is 0 Å². The summed E-state index contributed by atoms with van der Waals surface area (Å²) in [6.07, 6.45) is 6.37. The summed E-state index contributed by atoms with van der Waals surface area (Å²) in [4.78, 5) is 0. The van der Waals surface area contributed by atoms with Gasteiger partial charge in [-0.15, -0.1) is 0 Å². The maximum absolute atomic E-state index is 4.71. The molecule has 2 rings (SSSR count). The molecular formula is C16H25N3. The number of benzene rings is 1. The van der Waals surface area contributed by atoms with Crippen LogP contribution in [0.4, 0.5) is 0 Å². The third-order valence-electron chi connectivity index (χ3n) is 3.81. The molecule has 19 heavy (non-hydrogen) atoms. The maximum Gasteiger partial charge on any atom is 0.0872 e. The Bertz CT molecular complexity index is 516. The monoisotopic (exact) mass is 259 g/mol. The summed E-state index contributed by atoms with van der Waals surface area (Å²) in [6, 6.07) is 8.84. The van der Waals surface area contributed by atoms with E-state index in [1.807, 2.05) is 18.8 Å². The summed E-state index contributed by atoms with van der Waals surface area (Å²) in [5, 5.41) is 9.42. The van der Waals surface area contributed by atoms with Crippen molar-refractivity contribution in [2.24, 2.45) is 7.05 Å². The molecular weight excluding hydrogens is 234 g/mol. The molecule has 0 saturated carbocycles. The summed E-state index contributed by atoms with van der Waals surface area (Å²) in [5.41, 5.74) is 2.41. The van der Waals surface area contributed by atoms with Crippen molar-refractivity contribution in [3.8, 4) is 0 Å². The molecule has 104 valence electrons. The van der Waals surface area contributed by atoms with E-state index >= 15 is 0 Å². The first kappa shape index (κ1) is 14.1. The van der Waals surface area contributed by atoms with Gasteiger partial charge in [0, 0.05) is 12.4 Å². The fourth-order valence-electron chi connectivity index (χ4n) is 2.69. The zero-order chi connectivity index (χ0) is 13.7. The highest BCUT2D eigenvalue weighted by Crippen LogP contribution is 2.26. The quantitative estimate of drug-likeness (QED) is 0.766. The first-order valence-electron chi connectivity index (χ1n) is 7.36. The van der Waals surface area contributed by atoms with Crippen molar-refractivity contribution in [1.82, 2.24) is 15.1 Å². The second-order valence-corrected chi connectivity index (χ2v) is 5.22. The lowest BCUT2D eigenvalue weighted by atomic mass is 10.0. The minimum absolute atomic E-state index is 0.364. The fourth-order valence-corrected chi connectivity index (χ4v) is 2.69. The van der Waals surface area contributed by atoms with E-state index in [2.05, 4.69) is 36.5 Å². The van der Waals surface area contributed by atoms with Gasteiger partial charge in [0.1, 0.15) is 0 Å². The molecule has 0 amide bonds. The van der Waals surface area contributed by atoms with Crippen molar-refractivity contribution in [3.05, 3.63) is 30.0 Å². The van der Waals surface area contributed by atoms with E-state index in [4.69, 9.17) is 5.10 Å². The summed E-state index contributed by atoms with van der Waals surface area (Å²) >= 11 is 0. The minimum atomic E-state index is 0.364. The molecule has 1 atom stereocenters. The van der Waals surface area contributed by atoms with E-state index in [0.717, 1.165) is 6.42 Å². The van der Waals surface area contributed by atoms with E-state index in [-0.39, 0.29) is 0 Å². The highest BCUT2D eigenvalue weighted by atomic mass is 15.3. The Hall–Kier alpha value is -1.35. The Morgan fingerprint density at radius 2 is 2.00 bits per heavy atom. The van der Waals surface area contributed by atoms with E-state index in [0.29, 0.717) is 6.04 Å². The number of fused-ring (bicyclic) bond motifs is 1. The van der Waals surface area contributed by atoms with Crippen molar-refractivity contribution in [3.63, 3.8) is 0 Å². The number of hydrogen-bond acceptors (Lipinski definition) is 2. The van der Waals surface area contributed by atoms with Crippen LogP contribution < -0.4 is 5.32 Å². The molecule has 1 heterocycles. The molecule has 0 aliphatic rings. The van der Waals surface area contributed by atoms with Crippen LogP contribution in [0.2, 0.25) is 0 Å². The molecule has 1 aromatic heterocycles. The highest BCUT2D eigenvalue weighted by molar-refractivity contribution is 5.82. The summed E-state index contributed by atoms with van der Waals surface area (Å²) < 4.78 is 1.99. The van der Waals surface area contributed by atoms with Crippen LogP contribution in [0.15, 0.2) is 24.3 Å². The van der Waals surface area contributed by atoms with Gasteiger partial charge in [-0.05, 0) is 19.5 Å². The largest absolute Gasteiger partial charge is 0.312 e. The van der Waals surface area contributed by atoms with Crippen molar-refractivity contribution < 1.29 is 0 Å². The van der Waals surface area contributed by atoms with Crippen molar-refractivity contribution >= 4 is 10.9 Å². The molecule has 0 aliphatic heterocycles. The topological polar surface area (TPSA) is 29.9 Å². The molecule has 0 radical (unpaired) electrons. The zero-order valence-electron chi connectivity index (χ0n) is 12.3. The normalized spacial score (nSPS) is 13.0. The number of hydrogen-bond donors (Lipinski definition) is 1. The number of para-hydroxylation sites is 1. The van der Waals surface area contributed by atoms with Gasteiger partial charge in [-0.1, -0.05) is 50.8 Å². The fraction of sp³-hybridized carbons (Fsp3) is 0.562. The zero-order valence-corrected chi connectivity index (χ0v) is 12.3. The summed E-state index contributed by atoms with van der Waals surface area (Å²) in [7, 11) is 4.06. The van der Waals surface area contributed by atoms with Crippen molar-refractivity contribution in [2.45, 2.75) is 45.1 Å². The van der Waals surface area contributed by atoms with Crippen LogP contribution in [0.25, 0.3) is 10.9 Å². The molecule has 3 nitrogen and oxygen atoms in total. The van der Waals surface area contributed by atoms with E-state index in [1.54, 1.807) is 0 Å². The predicted molar refractivity (Wildman–Crippen MR) is 81.3 cm³/mol. The molecule has 3 heteroatoms. The number of nitrogens with one attached hydrogen (secondary N) is 1. The molecule has 0 aliphatic carbocycles. The molecule has 0 bridgehead atoms. The Morgan fingerprint density at radius 1 is 1.21 bits per heavy atom. The average molecular weight is 259 g/mol. The van der Waals surface area contributed by atoms with E-state index < -0.39 is 0 Å². The van der Waals surface area contributed by atoms with Crippen LogP contribution in [0.1, 0.15) is 50.8 Å². The lowest BCUT2D eigenvalue weighted by molar-refractivity contribution is 0.492. The van der Waals surface area contributed by atoms with Crippen LogP contribution in [-0.4, -0.2) is 16.8 Å².